The van der Waals surface area contributed by atoms with Crippen LogP contribution in [0.25, 0.3) is 0 Å². The van der Waals surface area contributed by atoms with Gasteiger partial charge in [-0.1, -0.05) is 116 Å². The summed E-state index contributed by atoms with van der Waals surface area (Å²) in [6.07, 6.45) is 12.4. The van der Waals surface area contributed by atoms with Crippen molar-refractivity contribution in [2.45, 2.75) is 117 Å². The van der Waals surface area contributed by atoms with E-state index in [9.17, 15) is 13.2 Å². The average molecular weight is 535 g/mol. The van der Waals surface area contributed by atoms with Gasteiger partial charge < -0.3 is 0 Å². The second-order valence-corrected chi connectivity index (χ2v) is 12.1. The minimum atomic E-state index is -3.94. The van der Waals surface area contributed by atoms with Gasteiger partial charge in [-0.2, -0.15) is 4.80 Å². The van der Waals surface area contributed by atoms with E-state index in [1.807, 2.05) is 45.9 Å². The summed E-state index contributed by atoms with van der Waals surface area (Å²) in [6, 6.07) is 5.75. The molecule has 1 aromatic carbocycles. The molecule has 0 aliphatic rings. The molecule has 2 rings (SSSR count). The molecular weight excluding hydrogens is 488 g/mol. The third-order valence-corrected chi connectivity index (χ3v) is 7.52. The van der Waals surface area contributed by atoms with E-state index in [-0.39, 0.29) is 17.8 Å². The highest BCUT2D eigenvalue weighted by Gasteiger charge is 2.22. The Morgan fingerprint density at radius 2 is 1.43 bits per heavy atom. The second-order valence-electron chi connectivity index (χ2n) is 10.4. The molecule has 9 nitrogen and oxygen atoms in total. The van der Waals surface area contributed by atoms with Crippen molar-refractivity contribution >= 4 is 27.6 Å². The van der Waals surface area contributed by atoms with Crippen molar-refractivity contribution in [1.82, 2.24) is 20.2 Å². The number of carbonyl (C=O) groups excluding carboxylic acids is 1. The minimum absolute atomic E-state index is 0.0118. The highest BCUT2D eigenvalue weighted by atomic mass is 32.2. The number of aryl methyl sites for hydroxylation is 1. The SMILES string of the molecule is CCCCCCCCCCCCn1nnc(NC(=O)CS(=O)(=O)Nc2c(C(C)C)cccc2C(C)C)n1. The van der Waals surface area contributed by atoms with Crippen molar-refractivity contribution < 1.29 is 13.2 Å². The van der Waals surface area contributed by atoms with E-state index < -0.39 is 21.7 Å². The number of aromatic nitrogens is 4. The number of nitrogens with zero attached hydrogens (tertiary/aromatic N) is 4. The molecule has 0 fully saturated rings. The number of carbonyl (C=O) groups is 1. The Morgan fingerprint density at radius 3 is 1.97 bits per heavy atom. The van der Waals surface area contributed by atoms with E-state index in [2.05, 4.69) is 32.4 Å². The summed E-state index contributed by atoms with van der Waals surface area (Å²) in [7, 11) is -3.94. The number of hydrogen-bond donors (Lipinski definition) is 2. The summed E-state index contributed by atoms with van der Waals surface area (Å²) in [4.78, 5) is 13.9. The molecule has 1 aromatic heterocycles. The smallest absolute Gasteiger partial charge is 0.270 e. The molecule has 1 amide bonds. The first kappa shape index (κ1) is 30.7. The van der Waals surface area contributed by atoms with E-state index in [4.69, 9.17) is 0 Å². The predicted octanol–water partition coefficient (Wildman–Crippen LogP) is 6.22. The number of unbranched alkanes of at least 4 members (excludes halogenated alkanes) is 9. The first-order chi connectivity index (χ1) is 17.6. The Hall–Kier alpha value is -2.49. The third kappa shape index (κ3) is 11.2. The summed E-state index contributed by atoms with van der Waals surface area (Å²) < 4.78 is 28.3. The van der Waals surface area contributed by atoms with Gasteiger partial charge in [0.05, 0.1) is 12.2 Å². The van der Waals surface area contributed by atoms with Crippen molar-refractivity contribution in [3.63, 3.8) is 0 Å². The Kier molecular flexibility index (Phi) is 13.0. The highest BCUT2D eigenvalue weighted by molar-refractivity contribution is 7.93. The van der Waals surface area contributed by atoms with E-state index in [0.29, 0.717) is 12.2 Å². The van der Waals surface area contributed by atoms with E-state index in [1.54, 1.807) is 0 Å². The molecule has 208 valence electrons. The largest absolute Gasteiger partial charge is 0.291 e. The van der Waals surface area contributed by atoms with Gasteiger partial charge in [0.15, 0.2) is 0 Å². The van der Waals surface area contributed by atoms with Gasteiger partial charge in [0, 0.05) is 0 Å². The zero-order valence-electron chi connectivity index (χ0n) is 23.3. The van der Waals surface area contributed by atoms with Crippen LogP contribution in [-0.4, -0.2) is 40.3 Å². The summed E-state index contributed by atoms with van der Waals surface area (Å²) in [5.41, 5.74) is 2.35. The summed E-state index contributed by atoms with van der Waals surface area (Å²) in [6.45, 7) is 10.9. The van der Waals surface area contributed by atoms with Gasteiger partial charge in [-0.15, -0.1) is 5.10 Å². The van der Waals surface area contributed by atoms with Gasteiger partial charge in [0.1, 0.15) is 5.75 Å². The molecule has 10 heteroatoms. The molecule has 0 spiro atoms. The van der Waals surface area contributed by atoms with Crippen molar-refractivity contribution in [3.8, 4) is 0 Å². The molecule has 0 saturated heterocycles. The molecular formula is C27H46N6O3S. The highest BCUT2D eigenvalue weighted by Crippen LogP contribution is 2.33. The van der Waals surface area contributed by atoms with Gasteiger partial charge >= 0.3 is 0 Å². The number of sulfonamides is 1. The van der Waals surface area contributed by atoms with Crippen LogP contribution in [0.4, 0.5) is 11.6 Å². The Morgan fingerprint density at radius 1 is 0.892 bits per heavy atom. The fraction of sp³-hybridized carbons (Fsp3) is 0.704. The summed E-state index contributed by atoms with van der Waals surface area (Å²) in [5, 5.41) is 14.4. The third-order valence-electron chi connectivity index (χ3n) is 6.37. The van der Waals surface area contributed by atoms with Gasteiger partial charge in [0.25, 0.3) is 5.95 Å². The van der Waals surface area contributed by atoms with Crippen molar-refractivity contribution in [3.05, 3.63) is 29.3 Å². The lowest BCUT2D eigenvalue weighted by molar-refractivity contribution is -0.113. The maximum Gasteiger partial charge on any atom is 0.270 e. The zero-order valence-corrected chi connectivity index (χ0v) is 24.1. The van der Waals surface area contributed by atoms with Crippen molar-refractivity contribution in [2.75, 3.05) is 15.8 Å². The lowest BCUT2D eigenvalue weighted by Crippen LogP contribution is -2.28. The average Bonchev–Trinajstić information content (AvgIpc) is 3.26. The van der Waals surface area contributed by atoms with Gasteiger partial charge in [0.2, 0.25) is 15.9 Å². The topological polar surface area (TPSA) is 119 Å². The second kappa shape index (κ2) is 15.7. The van der Waals surface area contributed by atoms with Crippen molar-refractivity contribution in [1.29, 1.82) is 0 Å². The number of hydrogen-bond acceptors (Lipinski definition) is 6. The van der Waals surface area contributed by atoms with E-state index in [1.165, 1.54) is 56.2 Å². The number of anilines is 2. The quantitative estimate of drug-likeness (QED) is 0.219. The lowest BCUT2D eigenvalue weighted by Gasteiger charge is -2.20. The molecule has 0 radical (unpaired) electrons. The van der Waals surface area contributed by atoms with E-state index in [0.717, 1.165) is 24.0 Å². The van der Waals surface area contributed by atoms with Crippen molar-refractivity contribution in [2.24, 2.45) is 0 Å². The van der Waals surface area contributed by atoms with Crippen LogP contribution >= 0.6 is 0 Å². The molecule has 0 aliphatic heterocycles. The first-order valence-electron chi connectivity index (χ1n) is 13.8. The van der Waals surface area contributed by atoms with E-state index >= 15 is 0 Å². The van der Waals surface area contributed by atoms with Crippen LogP contribution in [0.3, 0.4) is 0 Å². The first-order valence-corrected chi connectivity index (χ1v) is 15.5. The molecule has 2 aromatic rings. The number of amides is 1. The van der Waals surface area contributed by atoms with Gasteiger partial charge in [-0.3, -0.25) is 14.8 Å². The maximum atomic E-state index is 12.8. The number of benzene rings is 1. The predicted molar refractivity (Wildman–Crippen MR) is 150 cm³/mol. The van der Waals surface area contributed by atoms with Crippen LogP contribution in [0.5, 0.6) is 0 Å². The number of rotatable bonds is 18. The maximum absolute atomic E-state index is 12.8. The number of para-hydroxylation sites is 1. The standard InChI is InChI=1S/C27H46N6O3S/c1-6-7-8-9-10-11-12-13-14-15-19-33-30-27(29-32-33)28-25(34)20-37(35,36)31-26-23(21(2)3)17-16-18-24(26)22(4)5/h16-18,21-22,31H,6-15,19-20H2,1-5H3,(H,28,30,34). The molecule has 2 N–H and O–H groups in total. The lowest BCUT2D eigenvalue weighted by atomic mass is 9.93. The fourth-order valence-electron chi connectivity index (χ4n) is 4.32. The van der Waals surface area contributed by atoms with Crippen LogP contribution < -0.4 is 10.0 Å². The summed E-state index contributed by atoms with van der Waals surface area (Å²) in [5.74, 6) is -1.18. The normalized spacial score (nSPS) is 11.9. The fourth-order valence-corrected chi connectivity index (χ4v) is 5.36. The van der Waals surface area contributed by atoms with Crippen LogP contribution in [0.1, 0.15) is 122 Å². The van der Waals surface area contributed by atoms with Crippen LogP contribution in [-0.2, 0) is 21.4 Å². The van der Waals surface area contributed by atoms with Gasteiger partial charge in [-0.05, 0) is 34.6 Å². The zero-order chi connectivity index (χ0) is 27.3. The molecule has 1 heterocycles. The number of tetrazole rings is 1. The Bertz CT molecular complexity index is 1040. The molecule has 0 aliphatic carbocycles. The van der Waals surface area contributed by atoms with Crippen LogP contribution in [0, 0.1) is 0 Å². The Balaban J connectivity index is 1.79. The molecule has 0 unspecified atom stereocenters. The summed E-state index contributed by atoms with van der Waals surface area (Å²) >= 11 is 0. The molecule has 0 atom stereocenters. The Labute approximate surface area is 223 Å². The molecule has 0 saturated carbocycles. The van der Waals surface area contributed by atoms with Gasteiger partial charge in [-0.25, -0.2) is 8.42 Å². The monoisotopic (exact) mass is 534 g/mol. The van der Waals surface area contributed by atoms with Crippen LogP contribution in [0.2, 0.25) is 0 Å². The molecule has 0 bridgehead atoms. The molecule has 37 heavy (non-hydrogen) atoms. The number of nitrogens with one attached hydrogen (secondary N) is 2. The minimum Gasteiger partial charge on any atom is -0.291 e. The van der Waals surface area contributed by atoms with Crippen LogP contribution in [0.15, 0.2) is 18.2 Å².